The molecule has 0 atom stereocenters. The van der Waals surface area contributed by atoms with Gasteiger partial charge in [-0.05, 0) is 44.8 Å². The maximum atomic E-state index is 12.5. The van der Waals surface area contributed by atoms with Crippen molar-refractivity contribution >= 4 is 34.1 Å². The van der Waals surface area contributed by atoms with Gasteiger partial charge in [0.25, 0.3) is 0 Å². The van der Waals surface area contributed by atoms with Crippen LogP contribution in [0.5, 0.6) is 5.75 Å². The number of hydrogen-bond donors (Lipinski definition) is 0. The minimum atomic E-state index is 0.0115. The summed E-state index contributed by atoms with van der Waals surface area (Å²) in [6.45, 7) is 6.77. The second-order valence-corrected chi connectivity index (χ2v) is 9.59. The van der Waals surface area contributed by atoms with E-state index in [0.717, 1.165) is 39.0 Å². The van der Waals surface area contributed by atoms with Gasteiger partial charge in [0.15, 0.2) is 0 Å². The molecule has 0 spiro atoms. The zero-order valence-electron chi connectivity index (χ0n) is 21.9. The van der Waals surface area contributed by atoms with Gasteiger partial charge in [-0.3, -0.25) is 9.78 Å². The number of pyridine rings is 2. The Morgan fingerprint density at radius 2 is 1.92 bits per heavy atom. The molecule has 0 bridgehead atoms. The van der Waals surface area contributed by atoms with E-state index in [2.05, 4.69) is 22.5 Å². The van der Waals surface area contributed by atoms with E-state index in [1.165, 1.54) is 0 Å². The van der Waals surface area contributed by atoms with Crippen molar-refractivity contribution < 1.29 is 9.53 Å². The zero-order valence-corrected chi connectivity index (χ0v) is 22.6. The van der Waals surface area contributed by atoms with Crippen molar-refractivity contribution in [3.05, 3.63) is 82.8 Å². The standard InChI is InChI=1S/C28H34ClN5O2/c1-8-10-25(33(5)6)22-13-19(2)31-28-21(22)11-9-12-26(28)36-18-23-20(14-30-15-24(23)29)16-34(7)27(35)17-32(3)4/h8-15H,1,16-18H2,2-7H3/b25-10-. The summed E-state index contributed by atoms with van der Waals surface area (Å²) >= 11 is 6.53. The maximum absolute atomic E-state index is 12.5. The van der Waals surface area contributed by atoms with E-state index in [0.29, 0.717) is 23.9 Å². The van der Waals surface area contributed by atoms with E-state index in [-0.39, 0.29) is 12.5 Å². The molecule has 190 valence electrons. The van der Waals surface area contributed by atoms with Crippen LogP contribution in [0.3, 0.4) is 0 Å². The Morgan fingerprint density at radius 1 is 1.17 bits per heavy atom. The van der Waals surface area contributed by atoms with E-state index in [4.69, 9.17) is 21.3 Å². The van der Waals surface area contributed by atoms with Crippen molar-refractivity contribution in [1.29, 1.82) is 0 Å². The SMILES string of the molecule is C=C/C=C(/c1cc(C)nc2c(OCc3c(Cl)cncc3CN(C)C(=O)CN(C)C)cccc12)N(C)C. The molecule has 0 fully saturated rings. The van der Waals surface area contributed by atoms with Crippen molar-refractivity contribution in [2.45, 2.75) is 20.1 Å². The Kier molecular flexibility index (Phi) is 9.07. The number of amides is 1. The van der Waals surface area contributed by atoms with E-state index in [9.17, 15) is 4.79 Å². The van der Waals surface area contributed by atoms with Crippen LogP contribution in [0.15, 0.2) is 55.4 Å². The highest BCUT2D eigenvalue weighted by Crippen LogP contribution is 2.32. The predicted octanol–water partition coefficient (Wildman–Crippen LogP) is 4.78. The molecular formula is C28H34ClN5O2. The van der Waals surface area contributed by atoms with Gasteiger partial charge in [0.1, 0.15) is 17.9 Å². The monoisotopic (exact) mass is 507 g/mol. The quantitative estimate of drug-likeness (QED) is 0.368. The normalized spacial score (nSPS) is 11.6. The molecule has 1 amide bonds. The molecule has 2 heterocycles. The lowest BCUT2D eigenvalue weighted by Gasteiger charge is -2.22. The smallest absolute Gasteiger partial charge is 0.236 e. The fraction of sp³-hybridized carbons (Fsp3) is 0.321. The number of aryl methyl sites for hydroxylation is 1. The molecule has 0 aliphatic carbocycles. The molecule has 0 aliphatic heterocycles. The molecule has 0 unspecified atom stereocenters. The number of benzene rings is 1. The number of rotatable bonds is 10. The van der Waals surface area contributed by atoms with Gasteiger partial charge in [-0.2, -0.15) is 0 Å². The highest BCUT2D eigenvalue weighted by Gasteiger charge is 2.17. The summed E-state index contributed by atoms with van der Waals surface area (Å²) in [6.07, 6.45) is 7.10. The average Bonchev–Trinajstić information content (AvgIpc) is 2.81. The number of hydrogen-bond acceptors (Lipinski definition) is 6. The van der Waals surface area contributed by atoms with E-state index in [1.807, 2.05) is 64.3 Å². The summed E-state index contributed by atoms with van der Waals surface area (Å²) < 4.78 is 6.30. The number of ether oxygens (including phenoxy) is 1. The van der Waals surface area contributed by atoms with Crippen molar-refractivity contribution in [2.24, 2.45) is 0 Å². The van der Waals surface area contributed by atoms with Gasteiger partial charge >= 0.3 is 0 Å². The molecule has 0 radical (unpaired) electrons. The van der Waals surface area contributed by atoms with Crippen LogP contribution in [0, 0.1) is 6.92 Å². The highest BCUT2D eigenvalue weighted by atomic mass is 35.5. The lowest BCUT2D eigenvalue weighted by molar-refractivity contribution is -0.131. The number of halogens is 1. The summed E-state index contributed by atoms with van der Waals surface area (Å²) in [5, 5.41) is 1.48. The first kappa shape index (κ1) is 27.2. The Labute approximate surface area is 218 Å². The first-order valence-electron chi connectivity index (χ1n) is 11.7. The number of aromatic nitrogens is 2. The summed E-state index contributed by atoms with van der Waals surface area (Å²) in [7, 11) is 9.52. The molecule has 8 heteroatoms. The first-order chi connectivity index (χ1) is 17.1. The van der Waals surface area contributed by atoms with Gasteiger partial charge in [0.2, 0.25) is 5.91 Å². The molecule has 0 aliphatic rings. The largest absolute Gasteiger partial charge is 0.487 e. The van der Waals surface area contributed by atoms with Crippen LogP contribution in [0.4, 0.5) is 0 Å². The molecule has 3 rings (SSSR count). The third kappa shape index (κ3) is 6.42. The van der Waals surface area contributed by atoms with Crippen molar-refractivity contribution in [3.63, 3.8) is 0 Å². The summed E-state index contributed by atoms with van der Waals surface area (Å²) in [5.41, 5.74) is 5.37. The molecule has 1 aromatic carbocycles. The van der Waals surface area contributed by atoms with Crippen molar-refractivity contribution in [1.82, 2.24) is 24.7 Å². The molecule has 36 heavy (non-hydrogen) atoms. The van der Waals surface area contributed by atoms with Crippen LogP contribution in [0.25, 0.3) is 16.6 Å². The number of nitrogens with zero attached hydrogens (tertiary/aromatic N) is 5. The minimum absolute atomic E-state index is 0.0115. The Bertz CT molecular complexity index is 1290. The molecule has 0 N–H and O–H groups in total. The van der Waals surface area contributed by atoms with E-state index in [1.54, 1.807) is 30.4 Å². The second kappa shape index (κ2) is 12.0. The lowest BCUT2D eigenvalue weighted by atomic mass is 10.0. The number of allylic oxidation sites excluding steroid dienone is 2. The number of likely N-dealkylation sites (N-methyl/N-ethyl adjacent to an activating group) is 2. The van der Waals surface area contributed by atoms with Crippen LogP contribution in [0.2, 0.25) is 5.02 Å². The second-order valence-electron chi connectivity index (χ2n) is 9.18. The van der Waals surface area contributed by atoms with Crippen LogP contribution in [0.1, 0.15) is 22.4 Å². The topological polar surface area (TPSA) is 61.8 Å². The Morgan fingerprint density at radius 3 is 2.58 bits per heavy atom. The zero-order chi connectivity index (χ0) is 26.4. The van der Waals surface area contributed by atoms with Crippen LogP contribution in [-0.2, 0) is 17.9 Å². The molecule has 7 nitrogen and oxygen atoms in total. The minimum Gasteiger partial charge on any atom is -0.487 e. The fourth-order valence-electron chi connectivity index (χ4n) is 3.95. The van der Waals surface area contributed by atoms with Crippen LogP contribution >= 0.6 is 11.6 Å². The average molecular weight is 508 g/mol. The van der Waals surface area contributed by atoms with Gasteiger partial charge in [-0.25, -0.2) is 4.98 Å². The third-order valence-corrected chi connectivity index (χ3v) is 6.04. The third-order valence-electron chi connectivity index (χ3n) is 5.71. The van der Waals surface area contributed by atoms with Gasteiger partial charge in [0, 0.05) is 68.0 Å². The number of carbonyl (C=O) groups excluding carboxylic acids is 1. The first-order valence-corrected chi connectivity index (χ1v) is 12.0. The van der Waals surface area contributed by atoms with Crippen LogP contribution in [-0.4, -0.2) is 72.4 Å². The maximum Gasteiger partial charge on any atom is 0.236 e. The van der Waals surface area contributed by atoms with Gasteiger partial charge in [0.05, 0.1) is 11.6 Å². The molecule has 2 aromatic heterocycles. The highest BCUT2D eigenvalue weighted by molar-refractivity contribution is 6.31. The van der Waals surface area contributed by atoms with Crippen molar-refractivity contribution in [2.75, 3.05) is 41.8 Å². The van der Waals surface area contributed by atoms with Crippen molar-refractivity contribution in [3.8, 4) is 5.75 Å². The molecule has 3 aromatic rings. The number of para-hydroxylation sites is 1. The van der Waals surface area contributed by atoms with E-state index >= 15 is 0 Å². The van der Waals surface area contributed by atoms with Gasteiger partial charge in [-0.15, -0.1) is 0 Å². The number of carbonyl (C=O) groups is 1. The van der Waals surface area contributed by atoms with E-state index < -0.39 is 0 Å². The predicted molar refractivity (Wildman–Crippen MR) is 147 cm³/mol. The van der Waals surface area contributed by atoms with Crippen LogP contribution < -0.4 is 4.74 Å². The van der Waals surface area contributed by atoms with Gasteiger partial charge in [-0.1, -0.05) is 36.4 Å². The molecule has 0 saturated heterocycles. The summed E-state index contributed by atoms with van der Waals surface area (Å²) in [6, 6.07) is 7.98. The molecular weight excluding hydrogens is 474 g/mol. The van der Waals surface area contributed by atoms with Gasteiger partial charge < -0.3 is 19.4 Å². The number of fused-ring (bicyclic) bond motifs is 1. The fourth-order valence-corrected chi connectivity index (χ4v) is 4.19. The Hall–Kier alpha value is -3.42. The summed E-state index contributed by atoms with van der Waals surface area (Å²) in [4.78, 5) is 27.1. The molecule has 0 saturated carbocycles. The Balaban J connectivity index is 1.95. The lowest BCUT2D eigenvalue weighted by Crippen LogP contribution is -2.34. The summed E-state index contributed by atoms with van der Waals surface area (Å²) in [5.74, 6) is 0.669.